The van der Waals surface area contributed by atoms with Crippen molar-refractivity contribution in [1.29, 1.82) is 0 Å². The maximum absolute atomic E-state index is 2.46. The minimum atomic E-state index is -0.0591. The predicted molar refractivity (Wildman–Crippen MR) is 245 cm³/mol. The van der Waals surface area contributed by atoms with Crippen molar-refractivity contribution in [3.8, 4) is 22.3 Å². The minimum Gasteiger partial charge on any atom is -0.311 e. The van der Waals surface area contributed by atoms with Gasteiger partial charge in [0.05, 0.1) is 0 Å². The molecule has 0 radical (unpaired) electrons. The van der Waals surface area contributed by atoms with Gasteiger partial charge in [-0.2, -0.15) is 0 Å². The molecule has 2 unspecified atom stereocenters. The number of anilines is 5. The first-order valence-electron chi connectivity index (χ1n) is 21.0. The van der Waals surface area contributed by atoms with Crippen LogP contribution in [0.2, 0.25) is 0 Å². The van der Waals surface area contributed by atoms with Crippen molar-refractivity contribution >= 4 is 28.4 Å². The summed E-state index contributed by atoms with van der Waals surface area (Å²) in [6, 6.07) is 63.0. The molecule has 3 aliphatic carbocycles. The first-order chi connectivity index (χ1) is 28.3. The van der Waals surface area contributed by atoms with Crippen LogP contribution < -0.4 is 9.80 Å². The summed E-state index contributed by atoms with van der Waals surface area (Å²) in [4.78, 5) is 4.84. The Bertz CT molecular complexity index is 2700. The van der Waals surface area contributed by atoms with E-state index in [0.717, 1.165) is 30.6 Å². The van der Waals surface area contributed by atoms with Crippen LogP contribution in [-0.2, 0) is 10.8 Å². The molecule has 58 heavy (non-hydrogen) atoms. The molecule has 0 N–H and O–H groups in total. The lowest BCUT2D eigenvalue weighted by molar-refractivity contribution is 0.524. The summed E-state index contributed by atoms with van der Waals surface area (Å²) in [5.41, 5.74) is 19.4. The molecule has 7 aromatic carbocycles. The molecule has 2 heteroatoms. The van der Waals surface area contributed by atoms with Gasteiger partial charge in [0.1, 0.15) is 0 Å². The SMILES string of the molecule is CCCC1(C)c2ccccc2-c2ccc(N(c3ccccc3)c3ccc(C4C=CC(N(c5ccccc5)c5ccc6c(c5)C(C)(C)c5ccccc5-6)=CC4)cc3)cc21. The topological polar surface area (TPSA) is 6.48 Å². The Hall–Kier alpha value is -6.38. The number of nitrogens with zero attached hydrogens (tertiary/aromatic N) is 2. The molecule has 10 rings (SSSR count). The molecule has 3 aliphatic rings. The van der Waals surface area contributed by atoms with Crippen LogP contribution >= 0.6 is 0 Å². The average molecular weight is 751 g/mol. The van der Waals surface area contributed by atoms with E-state index in [2.05, 4.69) is 226 Å². The third-order valence-electron chi connectivity index (χ3n) is 13.2. The zero-order valence-electron chi connectivity index (χ0n) is 34.0. The van der Waals surface area contributed by atoms with Gasteiger partial charge < -0.3 is 9.80 Å². The highest BCUT2D eigenvalue weighted by Gasteiger charge is 2.39. The highest BCUT2D eigenvalue weighted by molar-refractivity contribution is 5.86. The third kappa shape index (κ3) is 5.85. The lowest BCUT2D eigenvalue weighted by Gasteiger charge is -2.31. The third-order valence-corrected chi connectivity index (χ3v) is 13.2. The monoisotopic (exact) mass is 750 g/mol. The number of para-hydroxylation sites is 2. The number of rotatable bonds is 9. The van der Waals surface area contributed by atoms with E-state index in [0.29, 0.717) is 5.92 Å². The predicted octanol–water partition coefficient (Wildman–Crippen LogP) is 15.3. The Morgan fingerprint density at radius 3 is 1.62 bits per heavy atom. The van der Waals surface area contributed by atoms with Crippen molar-refractivity contribution in [3.63, 3.8) is 0 Å². The van der Waals surface area contributed by atoms with Crippen molar-refractivity contribution in [2.75, 3.05) is 9.80 Å². The van der Waals surface area contributed by atoms with Gasteiger partial charge in [-0.1, -0.05) is 155 Å². The summed E-state index contributed by atoms with van der Waals surface area (Å²) in [5, 5.41) is 0. The maximum atomic E-state index is 2.46. The zero-order valence-corrected chi connectivity index (χ0v) is 34.0. The standard InChI is InChI=1S/C56H50N2/c1-5-36-56(4)52-23-15-13-21-48(52)50-35-33-46(38-54(50)56)58(42-18-10-7-11-19-42)44-30-26-40(27-31-44)39-24-28-43(29-25-39)57(41-16-8-6-9-17-41)45-32-34-49-47-20-12-14-22-51(47)55(2,3)53(49)37-45/h6-24,26-35,37-39H,5,25,36H2,1-4H3. The Labute approximate surface area is 344 Å². The Morgan fingerprint density at radius 1 is 0.483 bits per heavy atom. The van der Waals surface area contributed by atoms with Gasteiger partial charge in [-0.05, 0) is 130 Å². The lowest BCUT2D eigenvalue weighted by Crippen LogP contribution is -2.21. The van der Waals surface area contributed by atoms with Gasteiger partial charge in [-0.15, -0.1) is 0 Å². The highest BCUT2D eigenvalue weighted by atomic mass is 15.2. The van der Waals surface area contributed by atoms with Gasteiger partial charge >= 0.3 is 0 Å². The van der Waals surface area contributed by atoms with Gasteiger partial charge in [-0.3, -0.25) is 0 Å². The molecule has 0 aromatic heterocycles. The van der Waals surface area contributed by atoms with Crippen molar-refractivity contribution in [3.05, 3.63) is 222 Å². The van der Waals surface area contributed by atoms with Crippen LogP contribution in [0, 0.1) is 0 Å². The molecule has 7 aromatic rings. The zero-order chi connectivity index (χ0) is 39.4. The fourth-order valence-corrected chi connectivity index (χ4v) is 10.2. The highest BCUT2D eigenvalue weighted by Crippen LogP contribution is 2.53. The number of fused-ring (bicyclic) bond motifs is 6. The molecule has 0 bridgehead atoms. The molecule has 0 saturated heterocycles. The first kappa shape index (κ1) is 36.0. The van der Waals surface area contributed by atoms with Gasteiger partial charge in [0, 0.05) is 50.9 Å². The number of hydrogen-bond acceptors (Lipinski definition) is 2. The van der Waals surface area contributed by atoms with E-state index in [1.165, 1.54) is 72.8 Å². The number of allylic oxidation sites excluding steroid dienone is 3. The summed E-state index contributed by atoms with van der Waals surface area (Å²) >= 11 is 0. The van der Waals surface area contributed by atoms with E-state index in [4.69, 9.17) is 0 Å². The Balaban J connectivity index is 0.952. The number of benzene rings is 7. The second-order valence-electron chi connectivity index (χ2n) is 17.0. The van der Waals surface area contributed by atoms with E-state index >= 15 is 0 Å². The fourth-order valence-electron chi connectivity index (χ4n) is 10.2. The summed E-state index contributed by atoms with van der Waals surface area (Å²) in [6.45, 7) is 9.46. The normalized spacial score (nSPS) is 18.1. The number of hydrogen-bond donors (Lipinski definition) is 0. The van der Waals surface area contributed by atoms with Crippen LogP contribution in [0.1, 0.15) is 80.7 Å². The molecule has 0 heterocycles. The van der Waals surface area contributed by atoms with E-state index in [-0.39, 0.29) is 10.8 Å². The van der Waals surface area contributed by atoms with E-state index in [1.54, 1.807) is 0 Å². The Kier molecular flexibility index (Phi) is 8.82. The van der Waals surface area contributed by atoms with Crippen molar-refractivity contribution < 1.29 is 0 Å². The second kappa shape index (κ2) is 14.2. The molecule has 284 valence electrons. The molecule has 0 saturated carbocycles. The molecule has 0 spiro atoms. The largest absolute Gasteiger partial charge is 0.311 e. The molecule has 2 atom stereocenters. The van der Waals surface area contributed by atoms with Gasteiger partial charge in [0.15, 0.2) is 0 Å². The maximum Gasteiger partial charge on any atom is 0.0465 e. The summed E-state index contributed by atoms with van der Waals surface area (Å²) < 4.78 is 0. The molecular formula is C56H50N2. The van der Waals surface area contributed by atoms with Crippen molar-refractivity contribution in [2.45, 2.75) is 63.7 Å². The molecule has 0 amide bonds. The van der Waals surface area contributed by atoms with Gasteiger partial charge in [0.25, 0.3) is 0 Å². The van der Waals surface area contributed by atoms with E-state index in [1.807, 2.05) is 0 Å². The van der Waals surface area contributed by atoms with Crippen molar-refractivity contribution in [2.24, 2.45) is 0 Å². The fraction of sp³-hybridized carbons (Fsp3) is 0.179. The van der Waals surface area contributed by atoms with Crippen LogP contribution in [-0.4, -0.2) is 0 Å². The summed E-state index contributed by atoms with van der Waals surface area (Å²) in [5.74, 6) is 0.294. The van der Waals surface area contributed by atoms with Crippen molar-refractivity contribution in [1.82, 2.24) is 0 Å². The van der Waals surface area contributed by atoms with Crippen LogP contribution in [0.5, 0.6) is 0 Å². The van der Waals surface area contributed by atoms with E-state index in [9.17, 15) is 0 Å². The summed E-state index contributed by atoms with van der Waals surface area (Å²) in [6.07, 6.45) is 10.3. The summed E-state index contributed by atoms with van der Waals surface area (Å²) in [7, 11) is 0. The van der Waals surface area contributed by atoms with Crippen LogP contribution in [0.4, 0.5) is 28.4 Å². The first-order valence-corrected chi connectivity index (χ1v) is 21.0. The smallest absolute Gasteiger partial charge is 0.0465 e. The van der Waals surface area contributed by atoms with Gasteiger partial charge in [0.2, 0.25) is 0 Å². The minimum absolute atomic E-state index is 0.0122. The molecule has 0 fully saturated rings. The molecule has 2 nitrogen and oxygen atoms in total. The quantitative estimate of drug-likeness (QED) is 0.145. The van der Waals surface area contributed by atoms with Gasteiger partial charge in [-0.25, -0.2) is 0 Å². The van der Waals surface area contributed by atoms with E-state index < -0.39 is 0 Å². The molecule has 0 aliphatic heterocycles. The lowest BCUT2D eigenvalue weighted by atomic mass is 9.76. The average Bonchev–Trinajstić information content (AvgIpc) is 3.65. The van der Waals surface area contributed by atoms with Crippen LogP contribution in [0.15, 0.2) is 194 Å². The van der Waals surface area contributed by atoms with Crippen LogP contribution in [0.3, 0.4) is 0 Å². The Morgan fingerprint density at radius 2 is 0.983 bits per heavy atom. The van der Waals surface area contributed by atoms with Crippen LogP contribution in [0.25, 0.3) is 22.3 Å². The molecular weight excluding hydrogens is 701 g/mol. The second-order valence-corrected chi connectivity index (χ2v) is 17.0.